The zero-order valence-corrected chi connectivity index (χ0v) is 31.8. The number of Topliss-reactive ketones (excluding diaryl/α,β-unsaturated/α-hetero) is 1. The van der Waals surface area contributed by atoms with E-state index in [9.17, 15) is 32.4 Å². The number of nitrogens with zero attached hydrogens (tertiary/aromatic N) is 1. The number of nitrogens with one attached hydrogen (secondary N) is 4. The highest BCUT2D eigenvalue weighted by atomic mass is 32.2. The first-order valence-corrected chi connectivity index (χ1v) is 19.8. The predicted molar refractivity (Wildman–Crippen MR) is 193 cm³/mol. The zero-order valence-electron chi connectivity index (χ0n) is 31.0. The van der Waals surface area contributed by atoms with Crippen LogP contribution in [0, 0.1) is 40.9 Å². The number of hydrogen-bond acceptors (Lipinski definition) is 7. The molecule has 0 aromatic heterocycles. The van der Waals surface area contributed by atoms with Gasteiger partial charge in [0, 0.05) is 19.5 Å². The van der Waals surface area contributed by atoms with E-state index in [2.05, 4.69) is 33.8 Å². The van der Waals surface area contributed by atoms with E-state index in [1.807, 2.05) is 48.5 Å². The summed E-state index contributed by atoms with van der Waals surface area (Å²) < 4.78 is 26.3. The van der Waals surface area contributed by atoms with Crippen LogP contribution in [0.25, 0.3) is 0 Å². The van der Waals surface area contributed by atoms with Crippen LogP contribution in [0.15, 0.2) is 12.7 Å². The SMILES string of the molecule is C#CCCC(NC(=O)[C@@H]1[C@@H]2[C@H](CN1C(=O)[C@@H](NC(=O)NC1(CS(=O)(=O)CCC(C)C)CCCCC1)C(C)(C)C)C2(C)C)C(=O)C(=O)NCC=C. The Labute approximate surface area is 299 Å². The summed E-state index contributed by atoms with van der Waals surface area (Å²) in [5.41, 5.74) is -1.96. The quantitative estimate of drug-likeness (QED) is 0.108. The average molecular weight is 718 g/mol. The molecule has 12 nitrogen and oxygen atoms in total. The Kier molecular flexibility index (Phi) is 13.4. The lowest BCUT2D eigenvalue weighted by Gasteiger charge is -2.40. The number of urea groups is 1. The molecule has 1 aliphatic heterocycles. The molecule has 2 aliphatic carbocycles. The first-order chi connectivity index (χ1) is 23.2. The molecule has 50 heavy (non-hydrogen) atoms. The number of hydrogen-bond donors (Lipinski definition) is 4. The van der Waals surface area contributed by atoms with Gasteiger partial charge < -0.3 is 26.2 Å². The zero-order chi connectivity index (χ0) is 37.7. The molecule has 0 bridgehead atoms. The summed E-state index contributed by atoms with van der Waals surface area (Å²) in [6, 6.07) is -3.81. The normalized spacial score (nSPS) is 23.4. The average Bonchev–Trinajstić information content (AvgIpc) is 3.33. The summed E-state index contributed by atoms with van der Waals surface area (Å²) in [5.74, 6) is -0.340. The van der Waals surface area contributed by atoms with Gasteiger partial charge in [-0.05, 0) is 54.3 Å². The van der Waals surface area contributed by atoms with Crippen molar-refractivity contribution in [3.63, 3.8) is 0 Å². The second kappa shape index (κ2) is 16.3. The third-order valence-electron chi connectivity index (χ3n) is 10.7. The molecule has 5 atom stereocenters. The largest absolute Gasteiger partial charge is 0.346 e. The monoisotopic (exact) mass is 717 g/mol. The van der Waals surface area contributed by atoms with Gasteiger partial charge in [-0.15, -0.1) is 18.9 Å². The van der Waals surface area contributed by atoms with Gasteiger partial charge in [-0.1, -0.05) is 73.8 Å². The number of likely N-dealkylation sites (tertiary alicyclic amines) is 1. The summed E-state index contributed by atoms with van der Waals surface area (Å²) in [4.78, 5) is 69.2. The Balaban J connectivity index is 1.84. The lowest BCUT2D eigenvalue weighted by atomic mass is 9.83. The van der Waals surface area contributed by atoms with Gasteiger partial charge in [0.25, 0.3) is 5.91 Å². The molecule has 1 heterocycles. The molecule has 2 saturated carbocycles. The summed E-state index contributed by atoms with van der Waals surface area (Å²) in [6.07, 6.45) is 11.2. The highest BCUT2D eigenvalue weighted by molar-refractivity contribution is 7.91. The van der Waals surface area contributed by atoms with Crippen LogP contribution in [0.1, 0.15) is 99.8 Å². The van der Waals surface area contributed by atoms with E-state index in [-0.39, 0.29) is 60.6 Å². The van der Waals surface area contributed by atoms with E-state index in [1.54, 1.807) is 0 Å². The van der Waals surface area contributed by atoms with Crippen molar-refractivity contribution in [3.8, 4) is 12.3 Å². The van der Waals surface area contributed by atoms with Crippen molar-refractivity contribution in [3.05, 3.63) is 12.7 Å². The van der Waals surface area contributed by atoms with Crippen molar-refractivity contribution >= 4 is 39.4 Å². The molecule has 13 heteroatoms. The summed E-state index contributed by atoms with van der Waals surface area (Å²) in [6.45, 7) is 17.3. The standard InChI is InChI=1S/C37H59N5O7S/c1-10-12-16-26(29(43)32(45)38-20-11-2)39-31(44)28-27-25(36(27,8)9)22-42(28)33(46)30(35(5,6)7)40-34(47)41-37(18-14-13-15-19-37)23-50(48,49)21-17-24(3)4/h1,11,24-28,30H,2,12-23H2,3-9H3,(H,38,45)(H,39,44)(H2,40,41,47)/t25-,26?,27-,28-,30+/m0/s1. The number of carbonyl (C=O) groups excluding carboxylic acids is 5. The smallest absolute Gasteiger partial charge is 0.315 e. The first-order valence-electron chi connectivity index (χ1n) is 18.0. The highest BCUT2D eigenvalue weighted by Crippen LogP contribution is 2.65. The number of fused-ring (bicyclic) bond motifs is 1. The molecule has 0 aromatic carbocycles. The van der Waals surface area contributed by atoms with Crippen molar-refractivity contribution < 1.29 is 32.4 Å². The molecule has 3 fully saturated rings. The molecule has 1 saturated heterocycles. The number of amides is 5. The Bertz CT molecular complexity index is 1450. The summed E-state index contributed by atoms with van der Waals surface area (Å²) >= 11 is 0. The van der Waals surface area contributed by atoms with Crippen molar-refractivity contribution in [2.75, 3.05) is 24.6 Å². The van der Waals surface area contributed by atoms with Crippen LogP contribution in [0.3, 0.4) is 0 Å². The number of carbonyl (C=O) groups is 5. The molecule has 5 amide bonds. The molecule has 0 spiro atoms. The van der Waals surface area contributed by atoms with Crippen molar-refractivity contribution in [1.29, 1.82) is 0 Å². The summed E-state index contributed by atoms with van der Waals surface area (Å²) in [7, 11) is -3.45. The summed E-state index contributed by atoms with van der Waals surface area (Å²) in [5, 5.41) is 11.0. The molecule has 1 unspecified atom stereocenters. The predicted octanol–water partition coefficient (Wildman–Crippen LogP) is 3.12. The van der Waals surface area contributed by atoms with Crippen LogP contribution in [-0.2, 0) is 29.0 Å². The Hall–Kier alpha value is -3.40. The lowest BCUT2D eigenvalue weighted by Crippen LogP contribution is -2.64. The first kappa shape index (κ1) is 41.0. The van der Waals surface area contributed by atoms with Gasteiger partial charge >= 0.3 is 6.03 Å². The van der Waals surface area contributed by atoms with Gasteiger partial charge in [0.1, 0.15) is 12.1 Å². The number of rotatable bonds is 16. The van der Waals surface area contributed by atoms with E-state index in [0.29, 0.717) is 19.3 Å². The maximum atomic E-state index is 14.4. The lowest BCUT2D eigenvalue weighted by molar-refractivity contribution is -0.145. The number of piperidine rings is 1. The minimum atomic E-state index is -3.45. The molecule has 3 aliphatic rings. The molecule has 0 aromatic rings. The number of sulfone groups is 1. The van der Waals surface area contributed by atoms with Crippen LogP contribution in [-0.4, -0.2) is 91.1 Å². The van der Waals surface area contributed by atoms with E-state index in [1.165, 1.54) is 11.0 Å². The van der Waals surface area contributed by atoms with Crippen LogP contribution in [0.4, 0.5) is 4.79 Å². The van der Waals surface area contributed by atoms with Gasteiger partial charge in [-0.3, -0.25) is 19.2 Å². The number of ketones is 1. The molecular weight excluding hydrogens is 659 g/mol. The molecule has 3 rings (SSSR count). The highest BCUT2D eigenvalue weighted by Gasteiger charge is 2.70. The molecule has 280 valence electrons. The topological polar surface area (TPSA) is 171 Å². The van der Waals surface area contributed by atoms with Gasteiger partial charge in [0.15, 0.2) is 9.84 Å². The van der Waals surface area contributed by atoms with E-state index in [4.69, 9.17) is 6.42 Å². The third-order valence-corrected chi connectivity index (χ3v) is 12.5. The second-order valence-corrected chi connectivity index (χ2v) is 18.8. The second-order valence-electron chi connectivity index (χ2n) is 16.6. The molecule has 4 N–H and O–H groups in total. The fourth-order valence-corrected chi connectivity index (χ4v) is 9.82. The Morgan fingerprint density at radius 1 is 1.04 bits per heavy atom. The van der Waals surface area contributed by atoms with Crippen LogP contribution in [0.5, 0.6) is 0 Å². The van der Waals surface area contributed by atoms with Gasteiger partial charge in [-0.25, -0.2) is 13.2 Å². The fourth-order valence-electron chi connectivity index (χ4n) is 7.64. The number of terminal acetylenes is 1. The van der Waals surface area contributed by atoms with Gasteiger partial charge in [-0.2, -0.15) is 0 Å². The molecular formula is C37H59N5O7S. The van der Waals surface area contributed by atoms with Crippen LogP contribution >= 0.6 is 0 Å². The fraction of sp³-hybridized carbons (Fsp3) is 0.757. The van der Waals surface area contributed by atoms with Gasteiger partial charge in [0.2, 0.25) is 17.6 Å². The van der Waals surface area contributed by atoms with E-state index >= 15 is 0 Å². The maximum Gasteiger partial charge on any atom is 0.315 e. The van der Waals surface area contributed by atoms with Crippen LogP contribution in [0.2, 0.25) is 0 Å². The Morgan fingerprint density at radius 2 is 1.68 bits per heavy atom. The Morgan fingerprint density at radius 3 is 2.24 bits per heavy atom. The minimum Gasteiger partial charge on any atom is -0.346 e. The van der Waals surface area contributed by atoms with Crippen molar-refractivity contribution in [1.82, 2.24) is 26.2 Å². The molecule has 0 radical (unpaired) electrons. The van der Waals surface area contributed by atoms with Gasteiger partial charge in [0.05, 0.1) is 23.1 Å². The van der Waals surface area contributed by atoms with E-state index in [0.717, 1.165) is 19.3 Å². The van der Waals surface area contributed by atoms with Crippen LogP contribution < -0.4 is 21.3 Å². The maximum absolute atomic E-state index is 14.4. The van der Waals surface area contributed by atoms with E-state index < -0.39 is 68.5 Å². The minimum absolute atomic E-state index is 0.0222. The third kappa shape index (κ3) is 10.1. The van der Waals surface area contributed by atoms with Crippen molar-refractivity contribution in [2.24, 2.45) is 28.6 Å². The van der Waals surface area contributed by atoms with Crippen molar-refractivity contribution in [2.45, 2.75) is 123 Å².